The van der Waals surface area contributed by atoms with E-state index in [4.69, 9.17) is 0 Å². The topological polar surface area (TPSA) is 32.3 Å². The summed E-state index contributed by atoms with van der Waals surface area (Å²) in [6, 6.07) is 8.19. The van der Waals surface area contributed by atoms with Gasteiger partial charge in [0.25, 0.3) is 0 Å². The van der Waals surface area contributed by atoms with Crippen LogP contribution in [-0.4, -0.2) is 20.0 Å². The third kappa shape index (κ3) is 4.10. The number of nitrogens with one attached hydrogen (secondary N) is 1. The van der Waals surface area contributed by atoms with Crippen LogP contribution < -0.4 is 10.2 Å². The van der Waals surface area contributed by atoms with Gasteiger partial charge >= 0.3 is 0 Å². The van der Waals surface area contributed by atoms with Crippen LogP contribution in [0.25, 0.3) is 0 Å². The number of anilines is 1. The Morgan fingerprint density at radius 2 is 1.71 bits per heavy atom. The Bertz CT molecular complexity index is 374. The van der Waals surface area contributed by atoms with Crippen molar-refractivity contribution in [3.8, 4) is 0 Å². The number of carbonyl (C=O) groups excluding carboxylic acids is 1. The number of carbonyl (C=O) groups is 1. The third-order valence-electron chi connectivity index (χ3n) is 2.59. The summed E-state index contributed by atoms with van der Waals surface area (Å²) in [7, 11) is 4.02. The highest BCUT2D eigenvalue weighted by Crippen LogP contribution is 2.14. The molecule has 0 aliphatic carbocycles. The molecule has 0 aliphatic heterocycles. The van der Waals surface area contributed by atoms with E-state index < -0.39 is 0 Å². The molecule has 3 nitrogen and oxygen atoms in total. The largest absolute Gasteiger partial charge is 0.378 e. The van der Waals surface area contributed by atoms with E-state index in [1.165, 1.54) is 0 Å². The molecule has 3 heteroatoms. The molecule has 94 valence electrons. The maximum absolute atomic E-state index is 11.7. The van der Waals surface area contributed by atoms with Crippen LogP contribution in [-0.2, 0) is 11.3 Å². The number of rotatable bonds is 3. The van der Waals surface area contributed by atoms with Gasteiger partial charge in [0.05, 0.1) is 0 Å². The molecule has 1 amide bonds. The molecule has 0 fully saturated rings. The Labute approximate surface area is 104 Å². The lowest BCUT2D eigenvalue weighted by Gasteiger charge is -2.18. The van der Waals surface area contributed by atoms with E-state index in [-0.39, 0.29) is 11.3 Å². The maximum Gasteiger partial charge on any atom is 0.225 e. The highest BCUT2D eigenvalue weighted by atomic mass is 16.2. The molecule has 1 rings (SSSR count). The fourth-order valence-corrected chi connectivity index (χ4v) is 1.36. The lowest BCUT2D eigenvalue weighted by molar-refractivity contribution is -0.128. The number of hydrogen-bond acceptors (Lipinski definition) is 2. The Morgan fingerprint density at radius 1 is 1.18 bits per heavy atom. The molecule has 0 saturated carbocycles. The fraction of sp³-hybridized carbons (Fsp3) is 0.500. The molecule has 0 unspecified atom stereocenters. The van der Waals surface area contributed by atoms with E-state index in [2.05, 4.69) is 22.3 Å². The summed E-state index contributed by atoms with van der Waals surface area (Å²) in [5.74, 6) is 0.0780. The van der Waals surface area contributed by atoms with E-state index >= 15 is 0 Å². The summed E-state index contributed by atoms with van der Waals surface area (Å²) >= 11 is 0. The molecule has 17 heavy (non-hydrogen) atoms. The predicted molar refractivity (Wildman–Crippen MR) is 72.1 cm³/mol. The van der Waals surface area contributed by atoms with Gasteiger partial charge in [-0.3, -0.25) is 4.79 Å². The molecular weight excluding hydrogens is 212 g/mol. The number of hydrogen-bond donors (Lipinski definition) is 1. The molecular formula is C14H22N2O. The van der Waals surface area contributed by atoms with E-state index in [0.29, 0.717) is 6.54 Å². The lowest BCUT2D eigenvalue weighted by Crippen LogP contribution is -2.34. The maximum atomic E-state index is 11.7. The summed E-state index contributed by atoms with van der Waals surface area (Å²) in [6.45, 7) is 6.33. The predicted octanol–water partition coefficient (Wildman–Crippen LogP) is 2.41. The SMILES string of the molecule is CN(C)c1ccc(CNC(=O)C(C)(C)C)cc1. The first kappa shape index (κ1) is 13.6. The van der Waals surface area contributed by atoms with Crippen LogP contribution in [0.2, 0.25) is 0 Å². The van der Waals surface area contributed by atoms with E-state index in [1.807, 2.05) is 47.0 Å². The quantitative estimate of drug-likeness (QED) is 0.871. The first-order valence-corrected chi connectivity index (χ1v) is 5.85. The molecule has 0 atom stereocenters. The van der Waals surface area contributed by atoms with Gasteiger partial charge in [0.15, 0.2) is 0 Å². The van der Waals surface area contributed by atoms with Gasteiger partial charge in [-0.05, 0) is 17.7 Å². The van der Waals surface area contributed by atoms with Crippen LogP contribution in [0.5, 0.6) is 0 Å². The van der Waals surface area contributed by atoms with Crippen molar-refractivity contribution < 1.29 is 4.79 Å². The highest BCUT2D eigenvalue weighted by molar-refractivity contribution is 5.81. The summed E-state index contributed by atoms with van der Waals surface area (Å²) < 4.78 is 0. The van der Waals surface area contributed by atoms with Crippen molar-refractivity contribution in [2.75, 3.05) is 19.0 Å². The van der Waals surface area contributed by atoms with Crippen LogP contribution in [0.3, 0.4) is 0 Å². The van der Waals surface area contributed by atoms with Crippen molar-refractivity contribution in [3.63, 3.8) is 0 Å². The second-order valence-corrected chi connectivity index (χ2v) is 5.49. The third-order valence-corrected chi connectivity index (χ3v) is 2.59. The van der Waals surface area contributed by atoms with E-state index in [0.717, 1.165) is 11.3 Å². The van der Waals surface area contributed by atoms with Crippen LogP contribution in [0.15, 0.2) is 24.3 Å². The van der Waals surface area contributed by atoms with Gasteiger partial charge in [0, 0.05) is 31.7 Å². The summed E-state index contributed by atoms with van der Waals surface area (Å²) in [6.07, 6.45) is 0. The smallest absolute Gasteiger partial charge is 0.225 e. The molecule has 0 saturated heterocycles. The summed E-state index contributed by atoms with van der Waals surface area (Å²) in [5.41, 5.74) is 1.95. The Balaban J connectivity index is 2.56. The molecule has 0 spiro atoms. The minimum absolute atomic E-state index is 0.0780. The molecule has 0 radical (unpaired) electrons. The zero-order valence-corrected chi connectivity index (χ0v) is 11.4. The van der Waals surface area contributed by atoms with Crippen LogP contribution in [0.1, 0.15) is 26.3 Å². The van der Waals surface area contributed by atoms with Gasteiger partial charge < -0.3 is 10.2 Å². The number of amides is 1. The zero-order chi connectivity index (χ0) is 13.1. The van der Waals surface area contributed by atoms with Gasteiger partial charge in [-0.1, -0.05) is 32.9 Å². The van der Waals surface area contributed by atoms with Gasteiger partial charge in [-0.2, -0.15) is 0 Å². The first-order chi connectivity index (χ1) is 7.80. The van der Waals surface area contributed by atoms with Crippen LogP contribution >= 0.6 is 0 Å². The average molecular weight is 234 g/mol. The normalized spacial score (nSPS) is 11.1. The first-order valence-electron chi connectivity index (χ1n) is 5.85. The van der Waals surface area contributed by atoms with Crippen molar-refractivity contribution in [3.05, 3.63) is 29.8 Å². The Morgan fingerprint density at radius 3 is 2.12 bits per heavy atom. The van der Waals surface area contributed by atoms with Crippen molar-refractivity contribution in [1.82, 2.24) is 5.32 Å². The molecule has 1 aromatic carbocycles. The standard InChI is InChI=1S/C14H22N2O/c1-14(2,3)13(17)15-10-11-6-8-12(9-7-11)16(4)5/h6-9H,10H2,1-5H3,(H,15,17). The summed E-state index contributed by atoms with van der Waals surface area (Å²) in [5, 5.41) is 2.94. The van der Waals surface area contributed by atoms with Gasteiger partial charge in [-0.15, -0.1) is 0 Å². The second-order valence-electron chi connectivity index (χ2n) is 5.49. The van der Waals surface area contributed by atoms with Crippen molar-refractivity contribution >= 4 is 11.6 Å². The minimum Gasteiger partial charge on any atom is -0.378 e. The van der Waals surface area contributed by atoms with Gasteiger partial charge in [-0.25, -0.2) is 0 Å². The fourth-order valence-electron chi connectivity index (χ4n) is 1.36. The summed E-state index contributed by atoms with van der Waals surface area (Å²) in [4.78, 5) is 13.7. The van der Waals surface area contributed by atoms with Gasteiger partial charge in [0.2, 0.25) is 5.91 Å². The molecule has 0 heterocycles. The molecule has 1 N–H and O–H groups in total. The Kier molecular flexibility index (Phi) is 4.16. The van der Waals surface area contributed by atoms with Crippen molar-refractivity contribution in [2.24, 2.45) is 5.41 Å². The lowest BCUT2D eigenvalue weighted by atomic mass is 9.95. The van der Waals surface area contributed by atoms with Gasteiger partial charge in [0.1, 0.15) is 0 Å². The van der Waals surface area contributed by atoms with E-state index in [9.17, 15) is 4.79 Å². The Hall–Kier alpha value is -1.51. The van der Waals surface area contributed by atoms with E-state index in [1.54, 1.807) is 0 Å². The molecule has 0 bridgehead atoms. The monoisotopic (exact) mass is 234 g/mol. The highest BCUT2D eigenvalue weighted by Gasteiger charge is 2.20. The average Bonchev–Trinajstić information content (AvgIpc) is 2.25. The molecule has 0 aliphatic rings. The van der Waals surface area contributed by atoms with Crippen LogP contribution in [0.4, 0.5) is 5.69 Å². The van der Waals surface area contributed by atoms with Crippen LogP contribution in [0, 0.1) is 5.41 Å². The second kappa shape index (κ2) is 5.21. The number of nitrogens with zero attached hydrogens (tertiary/aromatic N) is 1. The minimum atomic E-state index is -0.330. The number of benzene rings is 1. The molecule has 0 aromatic heterocycles. The van der Waals surface area contributed by atoms with Crippen molar-refractivity contribution in [1.29, 1.82) is 0 Å². The van der Waals surface area contributed by atoms with Crippen molar-refractivity contribution in [2.45, 2.75) is 27.3 Å². The molecule has 1 aromatic rings. The zero-order valence-electron chi connectivity index (χ0n) is 11.4.